The third-order valence-electron chi connectivity index (χ3n) is 2.09. The normalized spacial score (nSPS) is 11.2. The number of benzene rings is 1. The summed E-state index contributed by atoms with van der Waals surface area (Å²) >= 11 is 0. The van der Waals surface area contributed by atoms with Gasteiger partial charge in [0.25, 0.3) is 5.91 Å². The number of aromatic amines is 1. The average Bonchev–Trinajstić information content (AvgIpc) is 2.81. The van der Waals surface area contributed by atoms with Gasteiger partial charge in [-0.15, -0.1) is 0 Å². The van der Waals surface area contributed by atoms with Gasteiger partial charge in [0.05, 0.1) is 11.9 Å². The van der Waals surface area contributed by atoms with Gasteiger partial charge in [0.2, 0.25) is 10.0 Å². The first-order valence-corrected chi connectivity index (χ1v) is 6.32. The molecule has 0 saturated heterocycles. The van der Waals surface area contributed by atoms with Crippen LogP contribution >= 0.6 is 0 Å². The highest BCUT2D eigenvalue weighted by atomic mass is 32.2. The second-order valence-electron chi connectivity index (χ2n) is 3.35. The van der Waals surface area contributed by atoms with Gasteiger partial charge >= 0.3 is 0 Å². The molecule has 0 fully saturated rings. The van der Waals surface area contributed by atoms with Gasteiger partial charge in [0, 0.05) is 0 Å². The molecule has 0 saturated carbocycles. The van der Waals surface area contributed by atoms with Crippen molar-refractivity contribution >= 4 is 21.6 Å². The third kappa shape index (κ3) is 2.52. The minimum Gasteiger partial charge on any atom is -0.319 e. The molecule has 0 radical (unpaired) electrons. The summed E-state index contributed by atoms with van der Waals surface area (Å²) in [6, 6.07) is 5.81. The van der Waals surface area contributed by atoms with Crippen LogP contribution in [-0.4, -0.2) is 29.7 Å². The Kier molecular flexibility index (Phi) is 3.08. The van der Waals surface area contributed by atoms with Crippen LogP contribution in [-0.2, 0) is 10.0 Å². The Morgan fingerprint density at radius 3 is 2.67 bits per heavy atom. The van der Waals surface area contributed by atoms with Crippen LogP contribution in [0.1, 0.15) is 10.5 Å². The monoisotopic (exact) mass is 267 g/mol. The minimum absolute atomic E-state index is 0.0409. The fourth-order valence-corrected chi connectivity index (χ4v) is 2.01. The van der Waals surface area contributed by atoms with Crippen molar-refractivity contribution < 1.29 is 13.2 Å². The Balaban J connectivity index is 2.33. The number of nitrogens with one attached hydrogen (secondary N) is 2. The van der Waals surface area contributed by atoms with E-state index < -0.39 is 15.9 Å². The van der Waals surface area contributed by atoms with E-state index in [-0.39, 0.29) is 16.3 Å². The Morgan fingerprint density at radius 1 is 1.33 bits per heavy atom. The van der Waals surface area contributed by atoms with E-state index in [9.17, 15) is 13.2 Å². The number of hydrogen-bond donors (Lipinski definition) is 3. The van der Waals surface area contributed by atoms with Crippen molar-refractivity contribution in [2.45, 2.75) is 4.90 Å². The number of rotatable bonds is 3. The molecular weight excluding hydrogens is 258 g/mol. The van der Waals surface area contributed by atoms with Crippen molar-refractivity contribution in [1.82, 2.24) is 15.4 Å². The van der Waals surface area contributed by atoms with Crippen molar-refractivity contribution in [3.8, 4) is 0 Å². The average molecular weight is 267 g/mol. The molecular formula is C9H9N5O3S. The van der Waals surface area contributed by atoms with Crippen molar-refractivity contribution in [2.75, 3.05) is 5.32 Å². The van der Waals surface area contributed by atoms with Crippen LogP contribution in [0.4, 0.5) is 5.69 Å². The molecule has 0 spiro atoms. The summed E-state index contributed by atoms with van der Waals surface area (Å²) in [6.07, 6.45) is 1.22. The van der Waals surface area contributed by atoms with Crippen molar-refractivity contribution in [3.05, 3.63) is 36.2 Å². The van der Waals surface area contributed by atoms with Gasteiger partial charge in [-0.25, -0.2) is 13.6 Å². The summed E-state index contributed by atoms with van der Waals surface area (Å²) in [7, 11) is -3.91. The molecule has 0 aliphatic heterocycles. The molecule has 1 aromatic carbocycles. The summed E-state index contributed by atoms with van der Waals surface area (Å²) in [5, 5.41) is 16.8. The fourth-order valence-electron chi connectivity index (χ4n) is 1.32. The first kappa shape index (κ1) is 12.2. The van der Waals surface area contributed by atoms with Crippen molar-refractivity contribution in [1.29, 1.82) is 0 Å². The highest BCUT2D eigenvalue weighted by Gasteiger charge is 2.16. The maximum atomic E-state index is 11.7. The molecule has 0 atom stereocenters. The molecule has 18 heavy (non-hydrogen) atoms. The third-order valence-corrected chi connectivity index (χ3v) is 3.06. The van der Waals surface area contributed by atoms with Crippen molar-refractivity contribution in [3.63, 3.8) is 0 Å². The maximum Gasteiger partial charge on any atom is 0.277 e. The second-order valence-corrected chi connectivity index (χ2v) is 4.88. The molecule has 1 aromatic heterocycles. The number of aromatic nitrogens is 3. The summed E-state index contributed by atoms with van der Waals surface area (Å²) in [5.74, 6) is -0.583. The fraction of sp³-hybridized carbons (Fsp3) is 0. The van der Waals surface area contributed by atoms with E-state index in [1.165, 1.54) is 24.4 Å². The Hall–Kier alpha value is -2.26. The first-order chi connectivity index (χ1) is 8.48. The van der Waals surface area contributed by atoms with Gasteiger partial charge in [-0.05, 0) is 12.1 Å². The van der Waals surface area contributed by atoms with Crippen LogP contribution in [0.25, 0.3) is 0 Å². The molecule has 8 nitrogen and oxygen atoms in total. The van der Waals surface area contributed by atoms with E-state index in [1.807, 2.05) is 0 Å². The molecule has 9 heteroatoms. The largest absolute Gasteiger partial charge is 0.319 e. The quantitative estimate of drug-likeness (QED) is 0.702. The maximum absolute atomic E-state index is 11.7. The summed E-state index contributed by atoms with van der Waals surface area (Å²) < 4.78 is 22.6. The number of nitrogens with zero attached hydrogens (tertiary/aromatic N) is 2. The van der Waals surface area contributed by atoms with Crippen LogP contribution in [0.15, 0.2) is 35.4 Å². The molecule has 94 valence electrons. The zero-order chi connectivity index (χ0) is 13.2. The van der Waals surface area contributed by atoms with Gasteiger partial charge in [-0.1, -0.05) is 12.1 Å². The molecule has 0 aliphatic carbocycles. The van der Waals surface area contributed by atoms with E-state index in [4.69, 9.17) is 5.14 Å². The molecule has 0 bridgehead atoms. The molecule has 4 N–H and O–H groups in total. The number of sulfonamides is 1. The first-order valence-electron chi connectivity index (χ1n) is 4.77. The number of nitrogens with two attached hydrogens (primary N) is 1. The standard InChI is InChI=1S/C9H9N5O3S/c10-18(16,17)8-4-2-1-3-6(8)12-9(15)7-5-11-14-13-7/h1-5H,(H,12,15)(H2,10,16,17)(H,11,13,14). The number of H-pyrrole nitrogens is 1. The van der Waals surface area contributed by atoms with Crippen molar-refractivity contribution in [2.24, 2.45) is 5.14 Å². The minimum atomic E-state index is -3.91. The lowest BCUT2D eigenvalue weighted by Crippen LogP contribution is -2.18. The smallest absolute Gasteiger partial charge is 0.277 e. The molecule has 2 rings (SSSR count). The Morgan fingerprint density at radius 2 is 2.06 bits per heavy atom. The van der Waals surface area contributed by atoms with Gasteiger partial charge in [0.15, 0.2) is 5.69 Å². The molecule has 1 amide bonds. The summed E-state index contributed by atoms with van der Waals surface area (Å²) in [6.45, 7) is 0. The number of carbonyl (C=O) groups excluding carboxylic acids is 1. The molecule has 0 unspecified atom stereocenters. The molecule has 1 heterocycles. The summed E-state index contributed by atoms with van der Waals surface area (Å²) in [5.41, 5.74) is 0.132. The number of hydrogen-bond acceptors (Lipinski definition) is 5. The van der Waals surface area contributed by atoms with E-state index in [1.54, 1.807) is 6.07 Å². The number of para-hydroxylation sites is 1. The number of amides is 1. The van der Waals surface area contributed by atoms with Crippen LogP contribution in [0.3, 0.4) is 0 Å². The molecule has 2 aromatic rings. The number of carbonyl (C=O) groups is 1. The predicted octanol–water partition coefficient (Wildman–Crippen LogP) is -0.296. The lowest BCUT2D eigenvalue weighted by Gasteiger charge is -2.07. The van der Waals surface area contributed by atoms with Crippen LogP contribution < -0.4 is 10.5 Å². The van der Waals surface area contributed by atoms with E-state index in [2.05, 4.69) is 20.7 Å². The van der Waals surface area contributed by atoms with E-state index in [0.29, 0.717) is 0 Å². The summed E-state index contributed by atoms with van der Waals surface area (Å²) in [4.78, 5) is 11.5. The SMILES string of the molecule is NS(=O)(=O)c1ccccc1NC(=O)c1cn[nH]n1. The van der Waals surface area contributed by atoms with Gasteiger partial charge in [-0.3, -0.25) is 4.79 Å². The lowest BCUT2D eigenvalue weighted by atomic mass is 10.3. The zero-order valence-electron chi connectivity index (χ0n) is 8.99. The number of primary sulfonamides is 1. The molecule has 0 aliphatic rings. The Bertz CT molecular complexity index is 665. The Labute approximate surface area is 102 Å². The highest BCUT2D eigenvalue weighted by molar-refractivity contribution is 7.89. The van der Waals surface area contributed by atoms with Gasteiger partial charge in [0.1, 0.15) is 4.90 Å². The van der Waals surface area contributed by atoms with Gasteiger partial charge < -0.3 is 5.32 Å². The van der Waals surface area contributed by atoms with Crippen LogP contribution in [0.5, 0.6) is 0 Å². The zero-order valence-corrected chi connectivity index (χ0v) is 9.81. The second kappa shape index (κ2) is 4.55. The number of anilines is 1. The van der Waals surface area contributed by atoms with Crippen LogP contribution in [0, 0.1) is 0 Å². The van der Waals surface area contributed by atoms with E-state index >= 15 is 0 Å². The van der Waals surface area contributed by atoms with Crippen LogP contribution in [0.2, 0.25) is 0 Å². The predicted molar refractivity (Wildman–Crippen MR) is 62.2 cm³/mol. The highest BCUT2D eigenvalue weighted by Crippen LogP contribution is 2.19. The topological polar surface area (TPSA) is 131 Å². The lowest BCUT2D eigenvalue weighted by molar-refractivity contribution is 0.102. The van der Waals surface area contributed by atoms with E-state index in [0.717, 1.165) is 0 Å². The van der Waals surface area contributed by atoms with Gasteiger partial charge in [-0.2, -0.15) is 15.4 Å².